The lowest BCUT2D eigenvalue weighted by Crippen LogP contribution is -2.50. The number of ether oxygens (including phenoxy) is 1. The number of nitrogens with one attached hydrogen (secondary N) is 1. The Hall–Kier alpha value is -0.0700. The first kappa shape index (κ1) is 24.2. The van der Waals surface area contributed by atoms with Crippen LogP contribution in [-0.2, 0) is 9.53 Å². The van der Waals surface area contributed by atoms with Crippen LogP contribution in [0.2, 0.25) is 0 Å². The van der Waals surface area contributed by atoms with Crippen molar-refractivity contribution in [1.29, 1.82) is 0 Å². The highest BCUT2D eigenvalue weighted by atomic mass is 35.5. The summed E-state index contributed by atoms with van der Waals surface area (Å²) in [5, 5.41) is 3.10. The van der Waals surface area contributed by atoms with Gasteiger partial charge < -0.3 is 20.7 Å². The lowest BCUT2D eigenvalue weighted by Gasteiger charge is -2.32. The maximum atomic E-state index is 12.0. The van der Waals surface area contributed by atoms with Crippen molar-refractivity contribution >= 4 is 30.7 Å². The van der Waals surface area contributed by atoms with E-state index in [9.17, 15) is 4.79 Å². The molecule has 0 aliphatic carbocycles. The van der Waals surface area contributed by atoms with Crippen molar-refractivity contribution < 1.29 is 9.53 Å². The van der Waals surface area contributed by atoms with Gasteiger partial charge in [-0.25, -0.2) is 0 Å². The summed E-state index contributed by atoms with van der Waals surface area (Å²) in [4.78, 5) is 14.4. The molecule has 7 heteroatoms. The van der Waals surface area contributed by atoms with Gasteiger partial charge in [0.15, 0.2) is 0 Å². The third-order valence-corrected chi connectivity index (χ3v) is 3.82. The summed E-state index contributed by atoms with van der Waals surface area (Å²) in [5.41, 5.74) is 5.91. The molecule has 1 atom stereocenters. The van der Waals surface area contributed by atoms with Crippen LogP contribution < -0.4 is 11.1 Å². The molecule has 1 rings (SSSR count). The lowest BCUT2D eigenvalue weighted by atomic mass is 10.0. The maximum Gasteiger partial charge on any atom is 0.237 e. The fourth-order valence-corrected chi connectivity index (χ4v) is 2.66. The molecule has 0 saturated carbocycles. The van der Waals surface area contributed by atoms with Crippen molar-refractivity contribution in [3.05, 3.63) is 0 Å². The van der Waals surface area contributed by atoms with Gasteiger partial charge >= 0.3 is 0 Å². The number of hydrogen-bond acceptors (Lipinski definition) is 4. The molecule has 1 aliphatic heterocycles. The fourth-order valence-electron chi connectivity index (χ4n) is 2.66. The van der Waals surface area contributed by atoms with E-state index < -0.39 is 0 Å². The van der Waals surface area contributed by atoms with Gasteiger partial charge in [0.05, 0.1) is 6.04 Å². The summed E-state index contributed by atoms with van der Waals surface area (Å²) in [6.07, 6.45) is 3.87. The molecule has 22 heavy (non-hydrogen) atoms. The van der Waals surface area contributed by atoms with Crippen LogP contribution in [0.4, 0.5) is 0 Å². The Labute approximate surface area is 147 Å². The quantitative estimate of drug-likeness (QED) is 0.650. The molecular weight excluding hydrogens is 325 g/mol. The Balaban J connectivity index is 0. The second-order valence-corrected chi connectivity index (χ2v) is 6.21. The second kappa shape index (κ2) is 13.4. The van der Waals surface area contributed by atoms with Crippen molar-refractivity contribution in [2.45, 2.75) is 51.6 Å². The highest BCUT2D eigenvalue weighted by molar-refractivity contribution is 5.85. The average Bonchev–Trinajstić information content (AvgIpc) is 2.40. The van der Waals surface area contributed by atoms with E-state index in [1.165, 1.54) is 0 Å². The van der Waals surface area contributed by atoms with E-state index >= 15 is 0 Å². The normalized spacial score (nSPS) is 17.5. The van der Waals surface area contributed by atoms with E-state index in [-0.39, 0.29) is 36.8 Å². The third-order valence-electron chi connectivity index (χ3n) is 3.82. The highest BCUT2D eigenvalue weighted by Crippen LogP contribution is 2.11. The number of amides is 1. The van der Waals surface area contributed by atoms with Crippen molar-refractivity contribution in [3.8, 4) is 0 Å². The predicted molar refractivity (Wildman–Crippen MR) is 96.0 cm³/mol. The average molecular weight is 358 g/mol. The predicted octanol–water partition coefficient (Wildman–Crippen LogP) is 1.82. The summed E-state index contributed by atoms with van der Waals surface area (Å²) in [7, 11) is 1.74. The number of nitrogens with two attached hydrogens (primary N) is 1. The number of carbonyl (C=O) groups is 1. The molecule has 0 aromatic heterocycles. The van der Waals surface area contributed by atoms with Crippen LogP contribution in [0.25, 0.3) is 0 Å². The number of rotatable bonds is 8. The summed E-state index contributed by atoms with van der Waals surface area (Å²) in [5.74, 6) is 0.468. The van der Waals surface area contributed by atoms with Gasteiger partial charge in [-0.3, -0.25) is 4.79 Å². The molecule has 0 radical (unpaired) electrons. The maximum absolute atomic E-state index is 12.0. The Morgan fingerprint density at radius 1 is 1.32 bits per heavy atom. The molecule has 1 heterocycles. The Kier molecular flexibility index (Phi) is 14.7. The van der Waals surface area contributed by atoms with Crippen molar-refractivity contribution in [3.63, 3.8) is 0 Å². The zero-order chi connectivity index (χ0) is 15.0. The van der Waals surface area contributed by atoms with Gasteiger partial charge in [-0.05, 0) is 31.6 Å². The summed E-state index contributed by atoms with van der Waals surface area (Å²) in [6.45, 7) is 8.18. The lowest BCUT2D eigenvalue weighted by molar-refractivity contribution is -0.123. The van der Waals surface area contributed by atoms with E-state index in [0.717, 1.165) is 51.9 Å². The molecule has 0 bridgehead atoms. The van der Waals surface area contributed by atoms with Gasteiger partial charge in [0, 0.05) is 39.4 Å². The minimum absolute atomic E-state index is 0. The molecule has 0 spiro atoms. The van der Waals surface area contributed by atoms with E-state index in [1.54, 1.807) is 7.11 Å². The van der Waals surface area contributed by atoms with Gasteiger partial charge in [-0.15, -0.1) is 24.8 Å². The Morgan fingerprint density at radius 3 is 2.41 bits per heavy atom. The van der Waals surface area contributed by atoms with E-state index in [0.29, 0.717) is 12.0 Å². The van der Waals surface area contributed by atoms with Crippen LogP contribution in [0.1, 0.15) is 39.5 Å². The molecule has 1 saturated heterocycles. The van der Waals surface area contributed by atoms with Crippen LogP contribution in [0.3, 0.4) is 0 Å². The standard InChI is InChI=1S/C15H31N3O2.2ClH/c1-12(2)11-14(16)15(19)17-13-5-8-18(9-6-13)7-4-10-20-3;;/h12-14H,4-11,16H2,1-3H3,(H,17,19);2*1H/t14-;;/m0../s1. The first-order valence-corrected chi connectivity index (χ1v) is 7.80. The Morgan fingerprint density at radius 2 is 1.91 bits per heavy atom. The molecular formula is C15H33Cl2N3O2. The zero-order valence-corrected chi connectivity index (χ0v) is 15.7. The summed E-state index contributed by atoms with van der Waals surface area (Å²) < 4.78 is 5.07. The van der Waals surface area contributed by atoms with Gasteiger partial charge in [0.2, 0.25) is 5.91 Å². The fraction of sp³-hybridized carbons (Fsp3) is 0.933. The Bertz CT molecular complexity index is 286. The number of nitrogens with zero attached hydrogens (tertiary/aromatic N) is 1. The van der Waals surface area contributed by atoms with Crippen LogP contribution in [-0.4, -0.2) is 56.2 Å². The summed E-state index contributed by atoms with van der Waals surface area (Å²) in [6, 6.07) is -0.0749. The van der Waals surface area contributed by atoms with Gasteiger partial charge in [0.1, 0.15) is 0 Å². The van der Waals surface area contributed by atoms with Crippen LogP contribution in [0.5, 0.6) is 0 Å². The van der Waals surface area contributed by atoms with Crippen LogP contribution >= 0.6 is 24.8 Å². The SMILES string of the molecule is COCCCN1CCC(NC(=O)[C@@H](N)CC(C)C)CC1.Cl.Cl. The van der Waals surface area contributed by atoms with E-state index in [4.69, 9.17) is 10.5 Å². The minimum Gasteiger partial charge on any atom is -0.385 e. The smallest absolute Gasteiger partial charge is 0.237 e. The largest absolute Gasteiger partial charge is 0.385 e. The van der Waals surface area contributed by atoms with Gasteiger partial charge in [-0.2, -0.15) is 0 Å². The molecule has 1 amide bonds. The van der Waals surface area contributed by atoms with E-state index in [1.807, 2.05) is 0 Å². The third kappa shape index (κ3) is 9.85. The number of carbonyl (C=O) groups excluding carboxylic acids is 1. The van der Waals surface area contributed by atoms with Crippen molar-refractivity contribution in [2.75, 3.05) is 33.4 Å². The summed E-state index contributed by atoms with van der Waals surface area (Å²) >= 11 is 0. The number of likely N-dealkylation sites (tertiary alicyclic amines) is 1. The molecule has 0 aromatic rings. The topological polar surface area (TPSA) is 67.6 Å². The number of halogens is 2. The van der Waals surface area contributed by atoms with Crippen molar-refractivity contribution in [2.24, 2.45) is 11.7 Å². The van der Waals surface area contributed by atoms with E-state index in [2.05, 4.69) is 24.1 Å². The highest BCUT2D eigenvalue weighted by Gasteiger charge is 2.23. The van der Waals surface area contributed by atoms with Gasteiger partial charge in [0.25, 0.3) is 0 Å². The molecule has 5 nitrogen and oxygen atoms in total. The minimum atomic E-state index is -0.366. The second-order valence-electron chi connectivity index (χ2n) is 6.21. The molecule has 1 aliphatic rings. The van der Waals surface area contributed by atoms with Crippen LogP contribution in [0.15, 0.2) is 0 Å². The van der Waals surface area contributed by atoms with Crippen molar-refractivity contribution in [1.82, 2.24) is 10.2 Å². The number of hydrogen-bond donors (Lipinski definition) is 2. The van der Waals surface area contributed by atoms with Crippen LogP contribution in [0, 0.1) is 5.92 Å². The molecule has 1 fully saturated rings. The number of methoxy groups -OCH3 is 1. The number of piperidine rings is 1. The molecule has 134 valence electrons. The zero-order valence-electron chi connectivity index (χ0n) is 14.0. The molecule has 0 unspecified atom stereocenters. The molecule has 3 N–H and O–H groups in total. The molecule has 0 aromatic carbocycles. The monoisotopic (exact) mass is 357 g/mol. The first-order chi connectivity index (χ1) is 9.52. The first-order valence-electron chi connectivity index (χ1n) is 7.80. The van der Waals surface area contributed by atoms with Gasteiger partial charge in [-0.1, -0.05) is 13.8 Å².